The van der Waals surface area contributed by atoms with Crippen molar-refractivity contribution in [3.8, 4) is 0 Å². The van der Waals surface area contributed by atoms with Crippen molar-refractivity contribution >= 4 is 17.8 Å². The molecule has 0 saturated heterocycles. The molecule has 4 fully saturated rings. The van der Waals surface area contributed by atoms with E-state index in [2.05, 4.69) is 11.4 Å². The minimum absolute atomic E-state index is 0.00941. The summed E-state index contributed by atoms with van der Waals surface area (Å²) in [5, 5.41) is 2.84. The predicted octanol–water partition coefficient (Wildman–Crippen LogP) is 2.84. The summed E-state index contributed by atoms with van der Waals surface area (Å²) in [4.78, 5) is 39.9. The van der Waals surface area contributed by atoms with Crippen molar-refractivity contribution in [2.75, 3.05) is 13.1 Å². The van der Waals surface area contributed by atoms with Crippen LogP contribution in [0.3, 0.4) is 0 Å². The summed E-state index contributed by atoms with van der Waals surface area (Å²) in [5.41, 5.74) is 2.13. The molecule has 0 aromatic heterocycles. The van der Waals surface area contributed by atoms with Crippen molar-refractivity contribution in [1.29, 1.82) is 0 Å². The Kier molecular flexibility index (Phi) is 5.27. The maximum absolute atomic E-state index is 13.0. The van der Waals surface area contributed by atoms with Crippen LogP contribution < -0.4 is 5.32 Å². The van der Waals surface area contributed by atoms with E-state index < -0.39 is 12.1 Å². The molecule has 1 atom stereocenters. The number of carbonyl (C=O) groups is 3. The van der Waals surface area contributed by atoms with Crippen LogP contribution in [0.25, 0.3) is 0 Å². The van der Waals surface area contributed by atoms with Gasteiger partial charge in [-0.25, -0.2) is 0 Å². The normalized spacial score (nSPS) is 31.6. The van der Waals surface area contributed by atoms with Crippen molar-refractivity contribution < 1.29 is 19.1 Å². The second-order valence-electron chi connectivity index (χ2n) is 10.3. The van der Waals surface area contributed by atoms with E-state index in [1.54, 1.807) is 11.8 Å². The maximum atomic E-state index is 13.0. The van der Waals surface area contributed by atoms with Gasteiger partial charge >= 0.3 is 5.97 Å². The zero-order chi connectivity index (χ0) is 21.6. The van der Waals surface area contributed by atoms with Crippen LogP contribution in [-0.2, 0) is 32.1 Å². The first-order valence-electron chi connectivity index (χ1n) is 11.8. The smallest absolute Gasteiger partial charge is 0.326 e. The van der Waals surface area contributed by atoms with E-state index in [-0.39, 0.29) is 23.8 Å². The highest BCUT2D eigenvalue weighted by Gasteiger charge is 2.54. The van der Waals surface area contributed by atoms with Gasteiger partial charge in [-0.2, -0.15) is 0 Å². The largest absolute Gasteiger partial charge is 0.451 e. The van der Waals surface area contributed by atoms with E-state index >= 15 is 0 Å². The Morgan fingerprint density at radius 1 is 1.06 bits per heavy atom. The molecule has 6 heteroatoms. The molecule has 0 unspecified atom stereocenters. The molecule has 0 spiro atoms. The van der Waals surface area contributed by atoms with Gasteiger partial charge in [-0.05, 0) is 80.8 Å². The van der Waals surface area contributed by atoms with Gasteiger partial charge in [0.15, 0.2) is 6.10 Å². The van der Waals surface area contributed by atoms with Gasteiger partial charge in [-0.3, -0.25) is 14.4 Å². The number of amides is 2. The number of nitrogens with one attached hydrogen (secondary N) is 1. The van der Waals surface area contributed by atoms with Crippen LogP contribution in [0.2, 0.25) is 0 Å². The van der Waals surface area contributed by atoms with E-state index in [0.29, 0.717) is 30.8 Å². The predicted molar refractivity (Wildman–Crippen MR) is 115 cm³/mol. The fourth-order valence-electron chi connectivity index (χ4n) is 6.96. The quantitative estimate of drug-likeness (QED) is 0.738. The summed E-state index contributed by atoms with van der Waals surface area (Å²) in [6.07, 6.45) is 6.67. The molecular formula is C25H32N2O4. The summed E-state index contributed by atoms with van der Waals surface area (Å²) in [6.45, 7) is 2.61. The molecule has 1 heterocycles. The van der Waals surface area contributed by atoms with E-state index in [1.807, 2.05) is 18.2 Å². The molecule has 4 bridgehead atoms. The number of carbonyl (C=O) groups excluding carboxylic acids is 3. The molecule has 5 aliphatic rings. The van der Waals surface area contributed by atoms with Gasteiger partial charge in [-0.1, -0.05) is 24.3 Å². The molecule has 1 aliphatic heterocycles. The van der Waals surface area contributed by atoms with Crippen LogP contribution in [0.15, 0.2) is 24.3 Å². The molecule has 0 radical (unpaired) electrons. The molecule has 1 N–H and O–H groups in total. The van der Waals surface area contributed by atoms with E-state index in [0.717, 1.165) is 31.2 Å². The Balaban J connectivity index is 1.11. The zero-order valence-electron chi connectivity index (χ0n) is 18.3. The zero-order valence-corrected chi connectivity index (χ0v) is 18.3. The third-order valence-electron chi connectivity index (χ3n) is 8.01. The van der Waals surface area contributed by atoms with Gasteiger partial charge in [0.1, 0.15) is 6.54 Å². The Bertz CT molecular complexity index is 860. The van der Waals surface area contributed by atoms with Gasteiger partial charge in [0.2, 0.25) is 5.91 Å². The summed E-state index contributed by atoms with van der Waals surface area (Å²) < 4.78 is 5.38. The SMILES string of the molecule is C[C@@H](OC(=O)CNC(=O)C12CC3CC(CC(C3)C1)C2)C(=O)N1CCc2ccccc2C1. The topological polar surface area (TPSA) is 75.7 Å². The number of nitrogens with zero attached hydrogens (tertiary/aromatic N) is 1. The first-order chi connectivity index (χ1) is 14.9. The van der Waals surface area contributed by atoms with Crippen LogP contribution >= 0.6 is 0 Å². The minimum atomic E-state index is -0.853. The molecule has 166 valence electrons. The molecular weight excluding hydrogens is 392 g/mol. The number of esters is 1. The van der Waals surface area contributed by atoms with Crippen molar-refractivity contribution in [3.05, 3.63) is 35.4 Å². The highest BCUT2D eigenvalue weighted by atomic mass is 16.5. The average Bonchev–Trinajstić information content (AvgIpc) is 2.75. The molecule has 6 rings (SSSR count). The second kappa shape index (κ2) is 7.95. The molecule has 31 heavy (non-hydrogen) atoms. The summed E-state index contributed by atoms with van der Waals surface area (Å²) in [5.74, 6) is 1.31. The second-order valence-corrected chi connectivity index (χ2v) is 10.3. The molecule has 2 amide bonds. The molecule has 4 saturated carbocycles. The monoisotopic (exact) mass is 424 g/mol. The van der Waals surface area contributed by atoms with Gasteiger partial charge in [-0.15, -0.1) is 0 Å². The number of ether oxygens (including phenoxy) is 1. The highest BCUT2D eigenvalue weighted by molar-refractivity contribution is 5.88. The van der Waals surface area contributed by atoms with Crippen molar-refractivity contribution in [3.63, 3.8) is 0 Å². The standard InChI is InChI=1S/C25H32N2O4/c1-16(23(29)27-7-6-20-4-2-3-5-21(20)15-27)31-22(28)14-26-24(30)25-11-17-8-18(12-25)10-19(9-17)13-25/h2-5,16-19H,6-15H2,1H3,(H,26,30)/t16-,17?,18?,19?,25?/m1/s1. The third kappa shape index (κ3) is 3.97. The Hall–Kier alpha value is -2.37. The summed E-state index contributed by atoms with van der Waals surface area (Å²) in [7, 11) is 0. The van der Waals surface area contributed by atoms with Crippen LogP contribution in [0.4, 0.5) is 0 Å². The summed E-state index contributed by atoms with van der Waals surface area (Å²) in [6, 6.07) is 8.11. The number of rotatable bonds is 5. The minimum Gasteiger partial charge on any atom is -0.451 e. The molecule has 1 aromatic carbocycles. The van der Waals surface area contributed by atoms with Crippen LogP contribution in [0.1, 0.15) is 56.6 Å². The molecule has 4 aliphatic carbocycles. The van der Waals surface area contributed by atoms with Gasteiger partial charge in [0.25, 0.3) is 5.91 Å². The lowest BCUT2D eigenvalue weighted by Gasteiger charge is -2.55. The van der Waals surface area contributed by atoms with Crippen LogP contribution in [0.5, 0.6) is 0 Å². The lowest BCUT2D eigenvalue weighted by atomic mass is 9.49. The molecule has 1 aromatic rings. The van der Waals surface area contributed by atoms with E-state index in [4.69, 9.17) is 4.74 Å². The Morgan fingerprint density at radius 3 is 2.32 bits per heavy atom. The lowest BCUT2D eigenvalue weighted by molar-refractivity contribution is -0.160. The third-order valence-corrected chi connectivity index (χ3v) is 8.01. The van der Waals surface area contributed by atoms with Crippen molar-refractivity contribution in [1.82, 2.24) is 10.2 Å². The van der Waals surface area contributed by atoms with Gasteiger partial charge < -0.3 is 15.0 Å². The van der Waals surface area contributed by atoms with E-state index in [9.17, 15) is 14.4 Å². The van der Waals surface area contributed by atoms with Crippen molar-refractivity contribution in [2.24, 2.45) is 23.2 Å². The highest BCUT2D eigenvalue weighted by Crippen LogP contribution is 2.60. The first kappa shape index (κ1) is 20.5. The molecule has 6 nitrogen and oxygen atoms in total. The Labute approximate surface area is 183 Å². The number of fused-ring (bicyclic) bond motifs is 1. The average molecular weight is 425 g/mol. The number of hydrogen-bond acceptors (Lipinski definition) is 4. The fraction of sp³-hybridized carbons (Fsp3) is 0.640. The first-order valence-corrected chi connectivity index (χ1v) is 11.8. The van der Waals surface area contributed by atoms with Gasteiger partial charge in [0, 0.05) is 18.5 Å². The van der Waals surface area contributed by atoms with E-state index in [1.165, 1.54) is 24.8 Å². The maximum Gasteiger partial charge on any atom is 0.326 e. The summed E-state index contributed by atoms with van der Waals surface area (Å²) >= 11 is 0. The van der Waals surface area contributed by atoms with Crippen LogP contribution in [0, 0.1) is 23.2 Å². The number of benzene rings is 1. The lowest BCUT2D eigenvalue weighted by Crippen LogP contribution is -2.54. The van der Waals surface area contributed by atoms with Crippen LogP contribution in [-0.4, -0.2) is 41.9 Å². The number of hydrogen-bond donors (Lipinski definition) is 1. The van der Waals surface area contributed by atoms with Crippen molar-refractivity contribution in [2.45, 2.75) is 64.5 Å². The fourth-order valence-corrected chi connectivity index (χ4v) is 6.96. The van der Waals surface area contributed by atoms with Gasteiger partial charge in [0.05, 0.1) is 0 Å². The Morgan fingerprint density at radius 2 is 1.68 bits per heavy atom.